The maximum atomic E-state index is 14.0. The van der Waals surface area contributed by atoms with Crippen LogP contribution in [0.25, 0.3) is 0 Å². The minimum absolute atomic E-state index is 0.0500. The molecule has 5 saturated carbocycles. The fraction of sp³-hybridized carbons (Fsp3) is 0.484. The normalized spacial score (nSPS) is 40.8. The van der Waals surface area contributed by atoms with E-state index in [0.717, 1.165) is 46.5 Å². The number of piperidine rings is 2. The summed E-state index contributed by atoms with van der Waals surface area (Å²) >= 11 is 0. The predicted molar refractivity (Wildman–Crippen MR) is 138 cm³/mol. The van der Waals surface area contributed by atoms with Gasteiger partial charge in [-0.3, -0.25) is 19.2 Å². The Morgan fingerprint density at radius 2 is 1.15 bits per heavy atom. The van der Waals surface area contributed by atoms with Gasteiger partial charge in [-0.15, -0.1) is 0 Å². The van der Waals surface area contributed by atoms with Crippen LogP contribution in [0.15, 0.2) is 35.9 Å². The summed E-state index contributed by atoms with van der Waals surface area (Å²) in [6, 6.07) is 0. The van der Waals surface area contributed by atoms with Gasteiger partial charge >= 0.3 is 0 Å². The summed E-state index contributed by atoms with van der Waals surface area (Å²) in [5.41, 5.74) is 6.12. The van der Waals surface area contributed by atoms with E-state index < -0.39 is 10.8 Å². The molecule has 2 amide bonds. The first kappa shape index (κ1) is 21.2. The monoisotopic (exact) mass is 520 g/mol. The second-order valence-corrected chi connectivity index (χ2v) is 13.9. The predicted octanol–water partition coefficient (Wildman–Crippen LogP) is 3.19. The van der Waals surface area contributed by atoms with Crippen molar-refractivity contribution in [2.24, 2.45) is 22.7 Å². The Balaban J connectivity index is 0.917. The average Bonchev–Trinajstić information content (AvgIpc) is 3.45. The van der Waals surface area contributed by atoms with Gasteiger partial charge in [0, 0.05) is 59.9 Å². The van der Waals surface area contributed by atoms with Crippen molar-refractivity contribution in [3.8, 4) is 0 Å². The van der Waals surface area contributed by atoms with Crippen LogP contribution < -0.4 is 0 Å². The summed E-state index contributed by atoms with van der Waals surface area (Å²) in [6.45, 7) is 5.40. The van der Waals surface area contributed by atoms with Crippen LogP contribution in [0.3, 0.4) is 0 Å². The molecule has 2 aromatic heterocycles. The zero-order valence-corrected chi connectivity index (χ0v) is 21.9. The Labute approximate surface area is 224 Å². The summed E-state index contributed by atoms with van der Waals surface area (Å²) in [6.07, 6.45) is 10.9. The summed E-state index contributed by atoms with van der Waals surface area (Å²) in [5.74, 6) is 0.820. The zero-order valence-electron chi connectivity index (χ0n) is 21.9. The third-order valence-corrected chi connectivity index (χ3v) is 12.0. The highest BCUT2D eigenvalue weighted by atomic mass is 16.2. The lowest BCUT2D eigenvalue weighted by Gasteiger charge is -2.69. The smallest absolute Gasteiger partial charge is 0.233 e. The average molecular weight is 521 g/mol. The standard InChI is InChI=1S/C31H28N4O4/c1-14-7-32-24-18(36)3-20-30(22(14)24)5-16(30)9-34(20)26(38)28-11-29(12-28,13-28)27(39)35-10-17-6-31(17)21(35)4-19(37)25-23(31)15(2)8-33-25/h3-4,7-8,16-17,32-33H,5-6,9-13H2,1-2H3. The quantitative estimate of drug-likeness (QED) is 0.634. The number of nitrogens with zero attached hydrogens (tertiary/aromatic N) is 2. The number of nitrogens with one attached hydrogen (secondary N) is 2. The van der Waals surface area contributed by atoms with Crippen molar-refractivity contribution in [3.63, 3.8) is 0 Å². The Hall–Kier alpha value is -3.68. The van der Waals surface area contributed by atoms with E-state index in [4.69, 9.17) is 0 Å². The fourth-order valence-corrected chi connectivity index (χ4v) is 10.3. The second kappa shape index (κ2) is 5.76. The van der Waals surface area contributed by atoms with Crippen molar-refractivity contribution in [2.75, 3.05) is 13.1 Å². The Bertz CT molecular complexity index is 1610. The van der Waals surface area contributed by atoms with Crippen molar-refractivity contribution in [1.29, 1.82) is 0 Å². The Morgan fingerprint density at radius 3 is 1.56 bits per heavy atom. The van der Waals surface area contributed by atoms with Gasteiger partial charge in [0.1, 0.15) is 0 Å². The van der Waals surface area contributed by atoms with Gasteiger partial charge in [-0.1, -0.05) is 0 Å². The molecule has 2 spiro atoms. The number of allylic oxidation sites excluding steroid dienone is 4. The highest BCUT2D eigenvalue weighted by molar-refractivity contribution is 6.10. The zero-order chi connectivity index (χ0) is 26.4. The first-order valence-corrected chi connectivity index (χ1v) is 14.2. The van der Waals surface area contributed by atoms with Crippen LogP contribution in [0.2, 0.25) is 0 Å². The largest absolute Gasteiger partial charge is 0.358 e. The van der Waals surface area contributed by atoms with E-state index in [1.807, 2.05) is 36.0 Å². The van der Waals surface area contributed by atoms with E-state index in [2.05, 4.69) is 9.97 Å². The number of carbonyl (C=O) groups excluding carboxylic acids is 4. The number of aromatic amines is 2. The first-order valence-electron chi connectivity index (χ1n) is 14.2. The number of carbonyl (C=O) groups is 4. The minimum atomic E-state index is -0.494. The molecule has 4 unspecified atom stereocenters. The van der Waals surface area contributed by atoms with Crippen molar-refractivity contribution >= 4 is 23.4 Å². The van der Waals surface area contributed by atoms with E-state index in [0.29, 0.717) is 55.6 Å². The topological polar surface area (TPSA) is 106 Å². The molecule has 39 heavy (non-hydrogen) atoms. The van der Waals surface area contributed by atoms with Crippen LogP contribution in [0.4, 0.5) is 0 Å². The molecule has 2 aliphatic heterocycles. The molecule has 9 aliphatic rings. The van der Waals surface area contributed by atoms with Gasteiger partial charge in [0.25, 0.3) is 0 Å². The number of likely N-dealkylation sites (tertiary alicyclic amines) is 2. The van der Waals surface area contributed by atoms with Crippen LogP contribution in [-0.2, 0) is 20.4 Å². The lowest BCUT2D eigenvalue weighted by Crippen LogP contribution is -2.72. The van der Waals surface area contributed by atoms with E-state index in [9.17, 15) is 19.2 Å². The van der Waals surface area contributed by atoms with E-state index in [1.165, 1.54) is 0 Å². The number of fused-ring (bicyclic) bond motifs is 2. The number of H-pyrrole nitrogens is 2. The van der Waals surface area contributed by atoms with Gasteiger partial charge in [0.15, 0.2) is 0 Å². The molecule has 7 fully saturated rings. The molecular formula is C31H28N4O4. The molecule has 2 aromatic rings. The Morgan fingerprint density at radius 1 is 0.744 bits per heavy atom. The molecule has 2 bridgehead atoms. The highest BCUT2D eigenvalue weighted by Crippen LogP contribution is 2.77. The summed E-state index contributed by atoms with van der Waals surface area (Å²) in [7, 11) is 0. The van der Waals surface area contributed by atoms with E-state index in [-0.39, 0.29) is 34.2 Å². The molecule has 0 radical (unpaired) electrons. The van der Waals surface area contributed by atoms with Crippen LogP contribution in [0.1, 0.15) is 75.3 Å². The van der Waals surface area contributed by atoms with Crippen molar-refractivity contribution in [1.82, 2.24) is 19.8 Å². The Kier molecular flexibility index (Phi) is 3.13. The third kappa shape index (κ3) is 1.99. The van der Waals surface area contributed by atoms with Crippen molar-refractivity contribution < 1.29 is 19.2 Å². The molecule has 4 atom stereocenters. The van der Waals surface area contributed by atoms with Crippen LogP contribution >= 0.6 is 0 Å². The summed E-state index contributed by atoms with van der Waals surface area (Å²) in [4.78, 5) is 63.9. The highest BCUT2D eigenvalue weighted by Gasteiger charge is 2.79. The number of aromatic nitrogens is 2. The molecule has 2 N–H and O–H groups in total. The number of rotatable bonds is 2. The SMILES string of the molecule is Cc1c[nH]c2c1C13CC1CN(C(=O)C14CC(C(=O)N5CC6CC67C5=CC(=O)c5[nH]cc(C)c57)(C1)C4)C3=CC2=O. The molecule has 4 heterocycles. The molecular weight excluding hydrogens is 492 g/mol. The number of hydrogen-bond acceptors (Lipinski definition) is 4. The maximum absolute atomic E-state index is 14.0. The second-order valence-electron chi connectivity index (χ2n) is 13.9. The number of hydrogen-bond donors (Lipinski definition) is 2. The lowest BCUT2D eigenvalue weighted by molar-refractivity contribution is -0.219. The van der Waals surface area contributed by atoms with Gasteiger partial charge in [-0.2, -0.15) is 0 Å². The number of amides is 2. The van der Waals surface area contributed by atoms with Gasteiger partial charge in [-0.25, -0.2) is 0 Å². The van der Waals surface area contributed by atoms with Crippen LogP contribution in [0.5, 0.6) is 0 Å². The fourth-order valence-electron chi connectivity index (χ4n) is 10.3. The van der Waals surface area contributed by atoms with E-state index >= 15 is 0 Å². The van der Waals surface area contributed by atoms with Gasteiger partial charge < -0.3 is 19.8 Å². The van der Waals surface area contributed by atoms with Crippen molar-refractivity contribution in [3.05, 3.63) is 69.6 Å². The van der Waals surface area contributed by atoms with E-state index in [1.54, 1.807) is 12.2 Å². The summed E-state index contributed by atoms with van der Waals surface area (Å²) in [5, 5.41) is 0. The molecule has 8 nitrogen and oxygen atoms in total. The van der Waals surface area contributed by atoms with Crippen LogP contribution in [-0.4, -0.2) is 56.2 Å². The van der Waals surface area contributed by atoms with Crippen molar-refractivity contribution in [2.45, 2.75) is 56.8 Å². The molecule has 11 rings (SSSR count). The first-order chi connectivity index (χ1) is 18.7. The molecule has 196 valence electrons. The minimum Gasteiger partial charge on any atom is -0.358 e. The lowest BCUT2D eigenvalue weighted by atomic mass is 9.34. The number of aryl methyl sites for hydroxylation is 2. The number of ketones is 2. The van der Waals surface area contributed by atoms with Crippen LogP contribution in [0, 0.1) is 36.5 Å². The molecule has 7 aliphatic carbocycles. The molecule has 0 aromatic carbocycles. The third-order valence-electron chi connectivity index (χ3n) is 12.0. The maximum Gasteiger partial charge on any atom is 0.233 e. The van der Waals surface area contributed by atoms with Gasteiger partial charge in [0.2, 0.25) is 23.4 Å². The molecule has 8 heteroatoms. The van der Waals surface area contributed by atoms with Gasteiger partial charge in [0.05, 0.1) is 22.2 Å². The summed E-state index contributed by atoms with van der Waals surface area (Å²) < 4.78 is 0. The van der Waals surface area contributed by atoms with Gasteiger partial charge in [-0.05, 0) is 80.0 Å². The molecule has 2 saturated heterocycles.